The number of hydrogen-bond donors (Lipinski definition) is 1. The lowest BCUT2D eigenvalue weighted by Gasteiger charge is -2.32. The molecule has 0 atom stereocenters. The Morgan fingerprint density at radius 2 is 1.67 bits per heavy atom. The SMILES string of the molecule is CC(C)c1ccc(C(=O)N2CCC(NC(=O)C(F)(F)F)CC2)cc1. The summed E-state index contributed by atoms with van der Waals surface area (Å²) in [7, 11) is 0. The number of halogens is 3. The number of hydrogen-bond acceptors (Lipinski definition) is 2. The molecule has 2 rings (SSSR count). The van der Waals surface area contributed by atoms with Gasteiger partial charge in [-0.3, -0.25) is 9.59 Å². The van der Waals surface area contributed by atoms with E-state index in [1.807, 2.05) is 17.4 Å². The Morgan fingerprint density at radius 1 is 1.12 bits per heavy atom. The summed E-state index contributed by atoms with van der Waals surface area (Å²) in [6.45, 7) is 4.79. The first-order valence-electron chi connectivity index (χ1n) is 7.95. The maximum atomic E-state index is 12.4. The monoisotopic (exact) mass is 342 g/mol. The molecule has 0 aromatic heterocycles. The molecule has 1 aromatic carbocycles. The molecule has 1 aliphatic rings. The van der Waals surface area contributed by atoms with Crippen LogP contribution < -0.4 is 5.32 Å². The van der Waals surface area contributed by atoms with Gasteiger partial charge in [-0.2, -0.15) is 13.2 Å². The number of carbonyl (C=O) groups is 2. The maximum absolute atomic E-state index is 12.4. The third-order valence-corrected chi connectivity index (χ3v) is 4.20. The van der Waals surface area contributed by atoms with Gasteiger partial charge in [0.1, 0.15) is 0 Å². The van der Waals surface area contributed by atoms with Crippen LogP contribution in [0.5, 0.6) is 0 Å². The first-order chi connectivity index (χ1) is 11.2. The summed E-state index contributed by atoms with van der Waals surface area (Å²) in [5.74, 6) is -1.68. The van der Waals surface area contributed by atoms with Crippen LogP contribution in [0.15, 0.2) is 24.3 Å². The van der Waals surface area contributed by atoms with Crippen molar-refractivity contribution < 1.29 is 22.8 Å². The Kier molecular flexibility index (Phi) is 5.51. The van der Waals surface area contributed by atoms with Gasteiger partial charge in [0, 0.05) is 24.7 Å². The Morgan fingerprint density at radius 3 is 2.12 bits per heavy atom. The minimum absolute atomic E-state index is 0.133. The van der Waals surface area contributed by atoms with E-state index in [1.165, 1.54) is 0 Å². The molecule has 1 aromatic rings. The molecule has 0 spiro atoms. The molecule has 132 valence electrons. The van der Waals surface area contributed by atoms with Crippen molar-refractivity contribution in [2.45, 2.75) is 44.8 Å². The zero-order valence-corrected chi connectivity index (χ0v) is 13.7. The van der Waals surface area contributed by atoms with Crippen molar-refractivity contribution in [2.24, 2.45) is 0 Å². The van der Waals surface area contributed by atoms with Crippen LogP contribution in [0.25, 0.3) is 0 Å². The van der Waals surface area contributed by atoms with Crippen molar-refractivity contribution in [3.8, 4) is 0 Å². The Hall–Kier alpha value is -2.05. The summed E-state index contributed by atoms with van der Waals surface area (Å²) in [6.07, 6.45) is -4.24. The van der Waals surface area contributed by atoms with E-state index in [9.17, 15) is 22.8 Å². The minimum atomic E-state index is -4.87. The molecule has 0 saturated carbocycles. The first kappa shape index (κ1) is 18.3. The second kappa shape index (κ2) is 7.23. The number of benzene rings is 1. The smallest absolute Gasteiger partial charge is 0.345 e. The normalized spacial score (nSPS) is 16.3. The molecule has 1 heterocycles. The predicted octanol–water partition coefficient (Wildman–Crippen LogP) is 3.09. The van der Waals surface area contributed by atoms with Crippen LogP contribution in [0, 0.1) is 0 Å². The van der Waals surface area contributed by atoms with Gasteiger partial charge in [-0.05, 0) is 36.5 Å². The highest BCUT2D eigenvalue weighted by Gasteiger charge is 2.40. The molecule has 4 nitrogen and oxygen atoms in total. The fourth-order valence-corrected chi connectivity index (χ4v) is 2.69. The molecule has 0 unspecified atom stereocenters. The van der Waals surface area contributed by atoms with Crippen LogP contribution in [0.1, 0.15) is 48.5 Å². The second-order valence-electron chi connectivity index (χ2n) is 6.31. The van der Waals surface area contributed by atoms with Gasteiger partial charge in [-0.25, -0.2) is 0 Å². The van der Waals surface area contributed by atoms with Crippen LogP contribution in [0.4, 0.5) is 13.2 Å². The number of piperidine rings is 1. The molecule has 1 fully saturated rings. The highest BCUT2D eigenvalue weighted by Crippen LogP contribution is 2.19. The second-order valence-corrected chi connectivity index (χ2v) is 6.31. The van der Waals surface area contributed by atoms with E-state index in [0.717, 1.165) is 5.56 Å². The molecule has 24 heavy (non-hydrogen) atoms. The van der Waals surface area contributed by atoms with E-state index in [0.29, 0.717) is 37.4 Å². The highest BCUT2D eigenvalue weighted by atomic mass is 19.4. The van der Waals surface area contributed by atoms with Gasteiger partial charge in [-0.15, -0.1) is 0 Å². The van der Waals surface area contributed by atoms with Crippen LogP contribution in [0.2, 0.25) is 0 Å². The van der Waals surface area contributed by atoms with E-state index >= 15 is 0 Å². The number of nitrogens with zero attached hydrogens (tertiary/aromatic N) is 1. The summed E-state index contributed by atoms with van der Waals surface area (Å²) in [5.41, 5.74) is 1.71. The molecule has 1 aliphatic heterocycles. The summed E-state index contributed by atoms with van der Waals surface area (Å²) >= 11 is 0. The van der Waals surface area contributed by atoms with E-state index in [4.69, 9.17) is 0 Å². The van der Waals surface area contributed by atoms with E-state index in [2.05, 4.69) is 13.8 Å². The van der Waals surface area contributed by atoms with Crippen molar-refractivity contribution in [3.05, 3.63) is 35.4 Å². The van der Waals surface area contributed by atoms with Gasteiger partial charge in [-0.1, -0.05) is 26.0 Å². The third-order valence-electron chi connectivity index (χ3n) is 4.20. The highest BCUT2D eigenvalue weighted by molar-refractivity contribution is 5.94. The number of likely N-dealkylation sites (tertiary alicyclic amines) is 1. The molecular weight excluding hydrogens is 321 g/mol. The number of nitrogens with one attached hydrogen (secondary N) is 1. The molecule has 0 bridgehead atoms. The molecule has 0 radical (unpaired) electrons. The van der Waals surface area contributed by atoms with Crippen LogP contribution in [-0.2, 0) is 4.79 Å². The molecule has 1 N–H and O–H groups in total. The average Bonchev–Trinajstić information content (AvgIpc) is 2.54. The summed E-state index contributed by atoms with van der Waals surface area (Å²) in [4.78, 5) is 25.0. The Balaban J connectivity index is 1.89. The Bertz CT molecular complexity index is 589. The fourth-order valence-electron chi connectivity index (χ4n) is 2.69. The topological polar surface area (TPSA) is 49.4 Å². The lowest BCUT2D eigenvalue weighted by Crippen LogP contribution is -2.49. The van der Waals surface area contributed by atoms with E-state index in [-0.39, 0.29) is 5.91 Å². The standard InChI is InChI=1S/C17H21F3N2O2/c1-11(2)12-3-5-13(6-4-12)15(23)22-9-7-14(8-10-22)21-16(24)17(18,19)20/h3-6,11,14H,7-10H2,1-2H3,(H,21,24). The Labute approximate surface area is 139 Å². The summed E-state index contributed by atoms with van der Waals surface area (Å²) in [6, 6.07) is 6.82. The summed E-state index contributed by atoms with van der Waals surface area (Å²) in [5, 5.41) is 1.98. The van der Waals surface area contributed by atoms with Crippen molar-refractivity contribution in [1.29, 1.82) is 0 Å². The van der Waals surface area contributed by atoms with Crippen molar-refractivity contribution in [3.63, 3.8) is 0 Å². The number of amides is 2. The van der Waals surface area contributed by atoms with Gasteiger partial charge in [0.2, 0.25) is 0 Å². The largest absolute Gasteiger partial charge is 0.471 e. The van der Waals surface area contributed by atoms with Gasteiger partial charge in [0.05, 0.1) is 0 Å². The number of carbonyl (C=O) groups excluding carboxylic acids is 2. The van der Waals surface area contributed by atoms with Gasteiger partial charge in [0.25, 0.3) is 5.91 Å². The lowest BCUT2D eigenvalue weighted by atomic mass is 10.0. The zero-order valence-electron chi connectivity index (χ0n) is 13.7. The number of alkyl halides is 3. The predicted molar refractivity (Wildman–Crippen MR) is 83.7 cm³/mol. The van der Waals surface area contributed by atoms with Crippen LogP contribution in [0.3, 0.4) is 0 Å². The van der Waals surface area contributed by atoms with Crippen molar-refractivity contribution in [1.82, 2.24) is 10.2 Å². The third kappa shape index (κ3) is 4.49. The molecular formula is C17H21F3N2O2. The quantitative estimate of drug-likeness (QED) is 0.918. The van der Waals surface area contributed by atoms with Gasteiger partial charge in [0.15, 0.2) is 0 Å². The summed E-state index contributed by atoms with van der Waals surface area (Å²) < 4.78 is 36.7. The van der Waals surface area contributed by atoms with E-state index in [1.54, 1.807) is 17.0 Å². The molecule has 7 heteroatoms. The van der Waals surface area contributed by atoms with Crippen LogP contribution >= 0.6 is 0 Å². The maximum Gasteiger partial charge on any atom is 0.471 e. The van der Waals surface area contributed by atoms with E-state index < -0.39 is 18.1 Å². The van der Waals surface area contributed by atoms with Gasteiger partial charge >= 0.3 is 12.1 Å². The molecule has 2 amide bonds. The fraction of sp³-hybridized carbons (Fsp3) is 0.529. The van der Waals surface area contributed by atoms with Crippen molar-refractivity contribution in [2.75, 3.05) is 13.1 Å². The van der Waals surface area contributed by atoms with Crippen molar-refractivity contribution >= 4 is 11.8 Å². The lowest BCUT2D eigenvalue weighted by molar-refractivity contribution is -0.174. The van der Waals surface area contributed by atoms with Gasteiger partial charge < -0.3 is 10.2 Å². The van der Waals surface area contributed by atoms with Crippen LogP contribution in [-0.4, -0.2) is 42.0 Å². The zero-order chi connectivity index (χ0) is 17.9. The molecule has 1 saturated heterocycles. The minimum Gasteiger partial charge on any atom is -0.345 e. The average molecular weight is 342 g/mol. The number of rotatable bonds is 3. The first-order valence-corrected chi connectivity index (χ1v) is 7.95. The molecule has 0 aliphatic carbocycles.